The van der Waals surface area contributed by atoms with Crippen LogP contribution in [0.15, 0.2) is 0 Å². The molecule has 0 aromatic rings. The standard InChI is InChI=1S/C11H21N3O3.C5H10O2/c1-11(2,3)17-10(16)13-8-9(15)14-6-4-12-5-7-14;1-2-3-4-5(6)7/h12H,4-8H2,1-3H3,(H,13,16);2-4H2,1H3,(H,6,7). The van der Waals surface area contributed by atoms with Crippen molar-refractivity contribution >= 4 is 18.0 Å². The van der Waals surface area contributed by atoms with E-state index in [2.05, 4.69) is 10.6 Å². The number of amides is 2. The van der Waals surface area contributed by atoms with Gasteiger partial charge < -0.3 is 25.4 Å². The fourth-order valence-corrected chi connectivity index (χ4v) is 1.82. The van der Waals surface area contributed by atoms with Crippen LogP contribution in [-0.2, 0) is 14.3 Å². The second-order valence-corrected chi connectivity index (χ2v) is 6.48. The van der Waals surface area contributed by atoms with Crippen LogP contribution < -0.4 is 10.6 Å². The third-order valence-electron chi connectivity index (χ3n) is 3.00. The number of nitrogens with one attached hydrogen (secondary N) is 2. The lowest BCUT2D eigenvalue weighted by Crippen LogP contribution is -2.49. The molecule has 1 aliphatic heterocycles. The SMILES string of the molecule is CC(C)(C)OC(=O)NCC(=O)N1CCNCC1.CCCCC(=O)O. The number of alkyl carbamates (subject to hydrolysis) is 1. The lowest BCUT2D eigenvalue weighted by Gasteiger charge is -2.27. The Kier molecular flexibility index (Phi) is 10.8. The predicted molar refractivity (Wildman–Crippen MR) is 90.8 cm³/mol. The number of nitrogens with zero attached hydrogens (tertiary/aromatic N) is 1. The van der Waals surface area contributed by atoms with Gasteiger partial charge in [-0.05, 0) is 27.2 Å². The van der Waals surface area contributed by atoms with Crippen LogP contribution in [0.5, 0.6) is 0 Å². The molecule has 0 aromatic heterocycles. The highest BCUT2D eigenvalue weighted by molar-refractivity contribution is 5.82. The Hall–Kier alpha value is -1.83. The number of unbranched alkanes of at least 4 members (excludes halogenated alkanes) is 1. The van der Waals surface area contributed by atoms with Crippen molar-refractivity contribution in [1.29, 1.82) is 0 Å². The van der Waals surface area contributed by atoms with Crippen molar-refractivity contribution < 1.29 is 24.2 Å². The zero-order valence-electron chi connectivity index (χ0n) is 15.2. The molecule has 0 atom stereocenters. The second-order valence-electron chi connectivity index (χ2n) is 6.48. The van der Waals surface area contributed by atoms with Gasteiger partial charge >= 0.3 is 12.1 Å². The summed E-state index contributed by atoms with van der Waals surface area (Å²) in [4.78, 5) is 34.5. The second kappa shape index (κ2) is 11.7. The van der Waals surface area contributed by atoms with Crippen molar-refractivity contribution in [2.24, 2.45) is 0 Å². The van der Waals surface area contributed by atoms with E-state index in [0.29, 0.717) is 19.5 Å². The smallest absolute Gasteiger partial charge is 0.408 e. The normalized spacial score (nSPS) is 14.2. The molecule has 3 N–H and O–H groups in total. The Morgan fingerprint density at radius 2 is 1.79 bits per heavy atom. The Labute approximate surface area is 143 Å². The van der Waals surface area contributed by atoms with Crippen LogP contribution >= 0.6 is 0 Å². The summed E-state index contributed by atoms with van der Waals surface area (Å²) in [6.07, 6.45) is 1.53. The van der Waals surface area contributed by atoms with E-state index in [1.807, 2.05) is 6.92 Å². The number of carbonyl (C=O) groups excluding carboxylic acids is 2. The maximum Gasteiger partial charge on any atom is 0.408 e. The number of hydrogen-bond donors (Lipinski definition) is 3. The number of hydrogen-bond acceptors (Lipinski definition) is 5. The summed E-state index contributed by atoms with van der Waals surface area (Å²) in [5.41, 5.74) is -0.540. The molecule has 0 saturated carbocycles. The van der Waals surface area contributed by atoms with Crippen molar-refractivity contribution in [1.82, 2.24) is 15.5 Å². The molecule has 140 valence electrons. The molecule has 0 aromatic carbocycles. The molecule has 1 heterocycles. The van der Waals surface area contributed by atoms with Gasteiger partial charge in [-0.1, -0.05) is 13.3 Å². The Morgan fingerprint density at radius 3 is 2.21 bits per heavy atom. The third-order valence-corrected chi connectivity index (χ3v) is 3.00. The highest BCUT2D eigenvalue weighted by atomic mass is 16.6. The van der Waals surface area contributed by atoms with Crippen LogP contribution in [0, 0.1) is 0 Å². The molecule has 0 aliphatic carbocycles. The Bertz CT molecular complexity index is 401. The van der Waals surface area contributed by atoms with Gasteiger partial charge in [-0.15, -0.1) is 0 Å². The van der Waals surface area contributed by atoms with Crippen LogP contribution in [0.2, 0.25) is 0 Å². The summed E-state index contributed by atoms with van der Waals surface area (Å²) in [6, 6.07) is 0. The molecule has 0 bridgehead atoms. The fraction of sp³-hybridized carbons (Fsp3) is 0.812. The van der Waals surface area contributed by atoms with E-state index in [4.69, 9.17) is 9.84 Å². The van der Waals surface area contributed by atoms with Gasteiger partial charge in [0.15, 0.2) is 0 Å². The van der Waals surface area contributed by atoms with Crippen molar-refractivity contribution in [3.63, 3.8) is 0 Å². The maximum atomic E-state index is 11.7. The molecule has 1 rings (SSSR count). The fourth-order valence-electron chi connectivity index (χ4n) is 1.82. The number of aliphatic carboxylic acids is 1. The summed E-state index contributed by atoms with van der Waals surface area (Å²) >= 11 is 0. The zero-order valence-corrected chi connectivity index (χ0v) is 15.2. The molecule has 8 nitrogen and oxygen atoms in total. The van der Waals surface area contributed by atoms with E-state index in [0.717, 1.165) is 25.9 Å². The molecule has 1 fully saturated rings. The number of piperazine rings is 1. The van der Waals surface area contributed by atoms with Gasteiger partial charge in [0.2, 0.25) is 5.91 Å². The lowest BCUT2D eigenvalue weighted by atomic mass is 10.2. The summed E-state index contributed by atoms with van der Waals surface area (Å²) in [7, 11) is 0. The number of ether oxygens (including phenoxy) is 1. The van der Waals surface area contributed by atoms with E-state index in [9.17, 15) is 14.4 Å². The van der Waals surface area contributed by atoms with E-state index >= 15 is 0 Å². The Balaban J connectivity index is 0.000000640. The van der Waals surface area contributed by atoms with E-state index in [1.165, 1.54) is 0 Å². The molecule has 8 heteroatoms. The first-order valence-electron chi connectivity index (χ1n) is 8.33. The first-order valence-corrected chi connectivity index (χ1v) is 8.33. The average molecular weight is 345 g/mol. The highest BCUT2D eigenvalue weighted by Gasteiger charge is 2.19. The van der Waals surface area contributed by atoms with Crippen molar-refractivity contribution in [2.75, 3.05) is 32.7 Å². The van der Waals surface area contributed by atoms with Gasteiger partial charge in [0, 0.05) is 32.6 Å². The lowest BCUT2D eigenvalue weighted by molar-refractivity contribution is -0.137. The quantitative estimate of drug-likeness (QED) is 0.691. The molecular weight excluding hydrogens is 314 g/mol. The van der Waals surface area contributed by atoms with Crippen molar-refractivity contribution in [3.05, 3.63) is 0 Å². The molecule has 0 unspecified atom stereocenters. The van der Waals surface area contributed by atoms with E-state index in [1.54, 1.807) is 25.7 Å². The molecule has 1 saturated heterocycles. The van der Waals surface area contributed by atoms with Gasteiger partial charge in [-0.3, -0.25) is 9.59 Å². The Morgan fingerprint density at radius 1 is 1.21 bits per heavy atom. The van der Waals surface area contributed by atoms with E-state index in [-0.39, 0.29) is 12.5 Å². The minimum Gasteiger partial charge on any atom is -0.481 e. The largest absolute Gasteiger partial charge is 0.481 e. The average Bonchev–Trinajstić information content (AvgIpc) is 2.50. The zero-order chi connectivity index (χ0) is 18.6. The molecule has 1 aliphatic rings. The summed E-state index contributed by atoms with van der Waals surface area (Å²) in [5, 5.41) is 13.7. The maximum absolute atomic E-state index is 11.7. The van der Waals surface area contributed by atoms with Gasteiger partial charge in [0.05, 0.1) is 0 Å². The van der Waals surface area contributed by atoms with Crippen molar-refractivity contribution in [2.45, 2.75) is 52.6 Å². The topological polar surface area (TPSA) is 108 Å². The number of carboxylic acids is 1. The minimum atomic E-state index is -0.693. The highest BCUT2D eigenvalue weighted by Crippen LogP contribution is 2.06. The van der Waals surface area contributed by atoms with Gasteiger partial charge in [-0.25, -0.2) is 4.79 Å². The molecular formula is C16H31N3O5. The molecule has 24 heavy (non-hydrogen) atoms. The third kappa shape index (κ3) is 12.7. The molecule has 0 spiro atoms. The van der Waals surface area contributed by atoms with E-state index < -0.39 is 17.7 Å². The number of rotatable bonds is 5. The first kappa shape index (κ1) is 22.2. The van der Waals surface area contributed by atoms with Crippen LogP contribution in [0.3, 0.4) is 0 Å². The molecule has 0 radical (unpaired) electrons. The van der Waals surface area contributed by atoms with Crippen LogP contribution in [0.25, 0.3) is 0 Å². The van der Waals surface area contributed by atoms with Crippen LogP contribution in [-0.4, -0.2) is 66.3 Å². The number of carboxylic acid groups (broad SMARTS) is 1. The van der Waals surface area contributed by atoms with Gasteiger partial charge in [-0.2, -0.15) is 0 Å². The van der Waals surface area contributed by atoms with Gasteiger partial charge in [0.25, 0.3) is 0 Å². The van der Waals surface area contributed by atoms with Crippen LogP contribution in [0.4, 0.5) is 4.79 Å². The first-order chi connectivity index (χ1) is 11.2. The number of carbonyl (C=O) groups is 3. The minimum absolute atomic E-state index is 0.00505. The predicted octanol–water partition coefficient (Wildman–Crippen LogP) is 1.20. The summed E-state index contributed by atoms with van der Waals surface area (Å²) in [6.45, 7) is 10.3. The molecule has 2 amide bonds. The van der Waals surface area contributed by atoms with Crippen LogP contribution in [0.1, 0.15) is 47.0 Å². The monoisotopic (exact) mass is 345 g/mol. The van der Waals surface area contributed by atoms with Crippen molar-refractivity contribution in [3.8, 4) is 0 Å². The summed E-state index contributed by atoms with van der Waals surface area (Å²) < 4.78 is 5.04. The van der Waals surface area contributed by atoms with Gasteiger partial charge in [0.1, 0.15) is 12.1 Å². The summed E-state index contributed by atoms with van der Waals surface area (Å²) in [5.74, 6) is -0.765.